The van der Waals surface area contributed by atoms with Crippen LogP contribution >= 0.6 is 23.2 Å². The van der Waals surface area contributed by atoms with Crippen molar-refractivity contribution in [1.29, 1.82) is 0 Å². The molecule has 10 heteroatoms. The van der Waals surface area contributed by atoms with Crippen LogP contribution in [0.3, 0.4) is 0 Å². The van der Waals surface area contributed by atoms with Crippen molar-refractivity contribution >= 4 is 40.3 Å². The Balaban J connectivity index is 1.37. The van der Waals surface area contributed by atoms with Crippen molar-refractivity contribution in [3.8, 4) is 23.7 Å². The van der Waals surface area contributed by atoms with Gasteiger partial charge in [-0.15, -0.1) is 0 Å². The van der Waals surface area contributed by atoms with Crippen molar-refractivity contribution < 1.29 is 19.0 Å². The smallest absolute Gasteiger partial charge is 0.315 e. The van der Waals surface area contributed by atoms with E-state index in [2.05, 4.69) is 28.7 Å². The molecular formula is C33H26Cl2N4O4. The second-order valence-corrected chi connectivity index (χ2v) is 12.1. The highest BCUT2D eigenvalue weighted by atomic mass is 35.5. The van der Waals surface area contributed by atoms with E-state index < -0.39 is 23.4 Å². The van der Waals surface area contributed by atoms with Crippen molar-refractivity contribution in [3.63, 3.8) is 0 Å². The molecule has 2 saturated carbocycles. The Bertz CT molecular complexity index is 1920. The lowest BCUT2D eigenvalue weighted by Crippen LogP contribution is -2.36. The second-order valence-electron chi connectivity index (χ2n) is 11.3. The number of rotatable bonds is 3. The molecule has 4 aromatic rings. The van der Waals surface area contributed by atoms with Gasteiger partial charge in [0.05, 0.1) is 29.0 Å². The zero-order valence-electron chi connectivity index (χ0n) is 23.6. The van der Waals surface area contributed by atoms with Gasteiger partial charge >= 0.3 is 5.97 Å². The van der Waals surface area contributed by atoms with Crippen LogP contribution in [0.2, 0.25) is 10.0 Å². The molecule has 0 spiro atoms. The number of halogens is 2. The normalized spacial score (nSPS) is 26.1. The summed E-state index contributed by atoms with van der Waals surface area (Å²) in [5, 5.41) is 1.06. The lowest BCUT2D eigenvalue weighted by Gasteiger charge is -2.24. The molecule has 0 radical (unpaired) electrons. The van der Waals surface area contributed by atoms with Gasteiger partial charge in [-0.3, -0.25) is 4.79 Å². The highest BCUT2D eigenvalue weighted by Gasteiger charge is 2.80. The monoisotopic (exact) mass is 612 g/mol. The number of hydrogen-bond donors (Lipinski definition) is 0. The van der Waals surface area contributed by atoms with Gasteiger partial charge in [0.25, 0.3) is 0 Å². The first-order valence-corrected chi connectivity index (χ1v) is 14.8. The molecule has 0 bridgehead atoms. The zero-order valence-corrected chi connectivity index (χ0v) is 25.1. The quantitative estimate of drug-likeness (QED) is 0.220. The molecule has 5 atom stereocenters. The van der Waals surface area contributed by atoms with E-state index in [0.717, 1.165) is 0 Å². The van der Waals surface area contributed by atoms with Gasteiger partial charge in [0.15, 0.2) is 11.4 Å². The van der Waals surface area contributed by atoms with Gasteiger partial charge in [-0.25, -0.2) is 15.0 Å². The molecule has 3 aliphatic rings. The molecule has 216 valence electrons. The molecule has 8 nitrogen and oxygen atoms in total. The lowest BCUT2D eigenvalue weighted by atomic mass is 9.99. The summed E-state index contributed by atoms with van der Waals surface area (Å²) in [5.74, 6) is 11.4. The fourth-order valence-corrected chi connectivity index (χ4v) is 6.71. The van der Waals surface area contributed by atoms with Crippen LogP contribution < -0.4 is 0 Å². The predicted octanol–water partition coefficient (Wildman–Crippen LogP) is 5.58. The topological polar surface area (TPSA) is 88.4 Å². The third-order valence-corrected chi connectivity index (χ3v) is 8.87. The fraction of sp³-hybridized carbons (Fsp3) is 0.333. The molecule has 43 heavy (non-hydrogen) atoms. The SMILES string of the molecule is CCOC(=O)[C@@]12C[C@@H]1[C@@H](n1cnc3c(C#Cc4ccccc4Cl)nc(C#Cc4ccccc4Cl)nc31)[C@@H]1OC(C)(C)O[C@@H]12. The molecule has 0 N–H and O–H groups in total. The van der Waals surface area contributed by atoms with E-state index in [4.69, 9.17) is 47.4 Å². The Kier molecular flexibility index (Phi) is 6.72. The average Bonchev–Trinajstić information content (AvgIpc) is 3.30. The Morgan fingerprint density at radius 2 is 1.67 bits per heavy atom. The van der Waals surface area contributed by atoms with Crippen molar-refractivity contribution in [1.82, 2.24) is 19.5 Å². The summed E-state index contributed by atoms with van der Waals surface area (Å²) in [5.41, 5.74) is 1.98. The summed E-state index contributed by atoms with van der Waals surface area (Å²) in [4.78, 5) is 27.5. The van der Waals surface area contributed by atoms with Crippen LogP contribution in [0.5, 0.6) is 0 Å². The van der Waals surface area contributed by atoms with E-state index in [1.807, 2.05) is 61.7 Å². The minimum Gasteiger partial charge on any atom is -0.465 e. The van der Waals surface area contributed by atoms with Crippen LogP contribution in [0.4, 0.5) is 0 Å². The van der Waals surface area contributed by atoms with E-state index in [0.29, 0.717) is 51.1 Å². The van der Waals surface area contributed by atoms with E-state index in [1.165, 1.54) is 0 Å². The molecule has 1 saturated heterocycles. The fourth-order valence-electron chi connectivity index (χ4n) is 6.34. The standard InChI is InChI=1S/C33H26Cl2N4O4/c1-4-41-31(40)33-17-21(33)27(28-29(33)43-32(2,3)42-28)39-18-36-26-24(15-13-19-9-5-7-11-22(19)34)37-25(38-30(26)39)16-14-20-10-6-8-12-23(20)35/h5-12,18,21,27-29H,4,17H2,1-3H3/t21-,27-,28+,29+,33+/m1/s1. The Morgan fingerprint density at radius 3 is 2.35 bits per heavy atom. The Hall–Kier alpha value is -3.92. The number of ether oxygens (including phenoxy) is 3. The first kappa shape index (κ1) is 27.9. The number of benzene rings is 2. The largest absolute Gasteiger partial charge is 0.465 e. The van der Waals surface area contributed by atoms with Crippen molar-refractivity contribution in [2.24, 2.45) is 11.3 Å². The Labute approximate surface area is 258 Å². The first-order valence-electron chi connectivity index (χ1n) is 14.0. The molecule has 0 unspecified atom stereocenters. The third-order valence-electron chi connectivity index (χ3n) is 8.22. The summed E-state index contributed by atoms with van der Waals surface area (Å²) in [7, 11) is 0. The van der Waals surface area contributed by atoms with Crippen LogP contribution in [0.1, 0.15) is 55.9 Å². The molecule has 7 rings (SSSR count). The van der Waals surface area contributed by atoms with Gasteiger partial charge in [-0.1, -0.05) is 59.3 Å². The van der Waals surface area contributed by atoms with Gasteiger partial charge in [0.1, 0.15) is 28.8 Å². The van der Waals surface area contributed by atoms with E-state index >= 15 is 0 Å². The number of hydrogen-bond acceptors (Lipinski definition) is 7. The number of fused-ring (bicyclic) bond motifs is 4. The highest BCUT2D eigenvalue weighted by Crippen LogP contribution is 2.72. The van der Waals surface area contributed by atoms with Gasteiger partial charge in [0.2, 0.25) is 5.82 Å². The number of carbonyl (C=O) groups is 1. The lowest BCUT2D eigenvalue weighted by molar-refractivity contribution is -0.172. The van der Waals surface area contributed by atoms with Gasteiger partial charge in [-0.05, 0) is 63.3 Å². The van der Waals surface area contributed by atoms with Gasteiger partial charge < -0.3 is 18.8 Å². The number of imidazole rings is 1. The maximum Gasteiger partial charge on any atom is 0.315 e. The minimum atomic E-state index is -0.858. The summed E-state index contributed by atoms with van der Waals surface area (Å²) in [6.45, 7) is 5.82. The van der Waals surface area contributed by atoms with Crippen LogP contribution in [0, 0.1) is 35.0 Å². The highest BCUT2D eigenvalue weighted by molar-refractivity contribution is 6.32. The van der Waals surface area contributed by atoms with Crippen LogP contribution in [0.15, 0.2) is 54.9 Å². The third kappa shape index (κ3) is 4.67. The van der Waals surface area contributed by atoms with Crippen LogP contribution in [-0.2, 0) is 19.0 Å². The van der Waals surface area contributed by atoms with Crippen molar-refractivity contribution in [3.05, 3.63) is 87.5 Å². The number of nitrogens with zero attached hydrogens (tertiary/aromatic N) is 4. The zero-order chi connectivity index (χ0) is 29.9. The maximum absolute atomic E-state index is 13.3. The number of esters is 1. The predicted molar refractivity (Wildman–Crippen MR) is 160 cm³/mol. The second kappa shape index (κ2) is 10.4. The molecule has 3 fully saturated rings. The average molecular weight is 614 g/mol. The molecule has 1 aliphatic heterocycles. The van der Waals surface area contributed by atoms with Crippen LogP contribution in [0.25, 0.3) is 11.2 Å². The Morgan fingerprint density at radius 1 is 1.00 bits per heavy atom. The molecule has 0 amide bonds. The molecule has 2 aromatic heterocycles. The van der Waals surface area contributed by atoms with E-state index in [-0.39, 0.29) is 23.8 Å². The van der Waals surface area contributed by atoms with E-state index in [9.17, 15) is 4.79 Å². The molecular weight excluding hydrogens is 587 g/mol. The summed E-state index contributed by atoms with van der Waals surface area (Å²) in [6, 6.07) is 14.4. The summed E-state index contributed by atoms with van der Waals surface area (Å²) in [6.07, 6.45) is 1.48. The van der Waals surface area contributed by atoms with Crippen molar-refractivity contribution in [2.75, 3.05) is 6.61 Å². The first-order chi connectivity index (χ1) is 20.7. The number of aromatic nitrogens is 4. The summed E-state index contributed by atoms with van der Waals surface area (Å²) >= 11 is 12.7. The van der Waals surface area contributed by atoms with Gasteiger partial charge in [-0.2, -0.15) is 0 Å². The number of carbonyl (C=O) groups excluding carboxylic acids is 1. The molecule has 2 aliphatic carbocycles. The van der Waals surface area contributed by atoms with Crippen molar-refractivity contribution in [2.45, 2.75) is 51.2 Å². The van der Waals surface area contributed by atoms with E-state index in [1.54, 1.807) is 18.5 Å². The van der Waals surface area contributed by atoms with Crippen LogP contribution in [-0.4, -0.2) is 50.1 Å². The maximum atomic E-state index is 13.3. The summed E-state index contributed by atoms with van der Waals surface area (Å²) < 4.78 is 20.2. The minimum absolute atomic E-state index is 0.0691. The molecule has 2 aromatic carbocycles. The molecule has 3 heterocycles. The van der Waals surface area contributed by atoms with Gasteiger partial charge in [0, 0.05) is 17.0 Å².